The number of nitrogens with zero attached hydrogens (tertiary/aromatic N) is 5. The van der Waals surface area contributed by atoms with E-state index in [1.807, 2.05) is 55.4 Å². The van der Waals surface area contributed by atoms with Gasteiger partial charge in [0.1, 0.15) is 0 Å². The summed E-state index contributed by atoms with van der Waals surface area (Å²) in [6.07, 6.45) is 11.1. The van der Waals surface area contributed by atoms with E-state index in [1.165, 1.54) is 5.56 Å². The van der Waals surface area contributed by atoms with Crippen molar-refractivity contribution < 1.29 is 0 Å². The van der Waals surface area contributed by atoms with Gasteiger partial charge in [0.2, 0.25) is 5.95 Å². The summed E-state index contributed by atoms with van der Waals surface area (Å²) in [4.78, 5) is 13.6. The monoisotopic (exact) mass is 599 g/mol. The van der Waals surface area contributed by atoms with Crippen molar-refractivity contribution in [1.29, 1.82) is 0 Å². The lowest BCUT2D eigenvalue weighted by Crippen LogP contribution is -2.03. The van der Waals surface area contributed by atoms with E-state index >= 15 is 0 Å². The molecule has 0 bridgehead atoms. The van der Waals surface area contributed by atoms with Crippen LogP contribution in [0.25, 0.3) is 55.2 Å². The fourth-order valence-electron chi connectivity index (χ4n) is 5.61. The smallest absolute Gasteiger partial charge is 0.222 e. The Bertz CT molecular complexity index is 2290. The van der Waals surface area contributed by atoms with E-state index in [2.05, 4.69) is 119 Å². The molecule has 9 heteroatoms. The second-order valence-electron chi connectivity index (χ2n) is 11.2. The van der Waals surface area contributed by atoms with Gasteiger partial charge in [0.05, 0.1) is 29.1 Å². The Hall–Kier alpha value is -6.35. The summed E-state index contributed by atoms with van der Waals surface area (Å²) in [5, 5.41) is 23.2. The maximum absolute atomic E-state index is 4.55. The number of hydrogen-bond acceptors (Lipinski definition) is 7. The van der Waals surface area contributed by atoms with E-state index in [-0.39, 0.29) is 0 Å². The van der Waals surface area contributed by atoms with Gasteiger partial charge in [-0.2, -0.15) is 10.2 Å². The second kappa shape index (κ2) is 12.0. The predicted molar refractivity (Wildman–Crippen MR) is 183 cm³/mol. The van der Waals surface area contributed by atoms with Crippen molar-refractivity contribution >= 4 is 33.4 Å². The Balaban J connectivity index is 0.913. The van der Waals surface area contributed by atoms with Gasteiger partial charge >= 0.3 is 0 Å². The van der Waals surface area contributed by atoms with E-state index in [9.17, 15) is 0 Å². The minimum atomic E-state index is 0.590. The number of anilines is 2. The van der Waals surface area contributed by atoms with Gasteiger partial charge in [-0.15, -0.1) is 0 Å². The van der Waals surface area contributed by atoms with Crippen LogP contribution in [0.4, 0.5) is 11.6 Å². The van der Waals surface area contributed by atoms with Crippen molar-refractivity contribution in [2.24, 2.45) is 0 Å². The summed E-state index contributed by atoms with van der Waals surface area (Å²) >= 11 is 0. The Kier molecular flexibility index (Phi) is 7.08. The van der Waals surface area contributed by atoms with E-state index in [0.29, 0.717) is 19.0 Å². The molecule has 0 atom stereocenters. The highest BCUT2D eigenvalue weighted by atomic mass is 15.1. The summed E-state index contributed by atoms with van der Waals surface area (Å²) in [5.74, 6) is 0.590. The van der Waals surface area contributed by atoms with Gasteiger partial charge in [-0.1, -0.05) is 48.5 Å². The molecular weight excluding hydrogens is 570 g/mol. The topological polar surface area (TPSA) is 120 Å². The average Bonchev–Trinajstić information content (AvgIpc) is 3.80. The zero-order chi connectivity index (χ0) is 30.7. The number of benzene rings is 4. The van der Waals surface area contributed by atoms with Crippen molar-refractivity contribution in [3.63, 3.8) is 0 Å². The van der Waals surface area contributed by atoms with Crippen LogP contribution in [0.15, 0.2) is 128 Å². The van der Waals surface area contributed by atoms with Gasteiger partial charge in [0.15, 0.2) is 0 Å². The lowest BCUT2D eigenvalue weighted by molar-refractivity contribution is 1.06. The van der Waals surface area contributed by atoms with Crippen molar-refractivity contribution in [1.82, 2.24) is 35.3 Å². The Morgan fingerprint density at radius 1 is 0.478 bits per heavy atom. The average molecular weight is 600 g/mol. The molecule has 0 aliphatic heterocycles. The first-order chi connectivity index (χ1) is 22.7. The third-order valence-electron chi connectivity index (χ3n) is 8.07. The summed E-state index contributed by atoms with van der Waals surface area (Å²) in [5.41, 5.74) is 11.8. The van der Waals surface area contributed by atoms with Crippen molar-refractivity contribution in [3.05, 3.63) is 139 Å². The van der Waals surface area contributed by atoms with Crippen LogP contribution in [0, 0.1) is 0 Å². The Morgan fingerprint density at radius 2 is 1.07 bits per heavy atom. The first-order valence-electron chi connectivity index (χ1n) is 15.0. The third-order valence-corrected chi connectivity index (χ3v) is 8.07. The zero-order valence-electron chi connectivity index (χ0n) is 24.8. The standard InChI is InChI=1S/C37H29N9/c1-3-24(16-39-34-15-30(18-38-23-34)28-7-9-35-31(13-28)21-43-45-35)11-26(5-1)27-6-2-4-25(12-27)17-40-37-41-19-33(20-42-37)29-8-10-36-32(14-29)22-44-46-36/h1-15,18-23,39H,16-17H2,(H,43,45)(H,44,46)(H,40,41,42). The SMILES string of the molecule is c1cc(CNc2cncc(-c3ccc4[nH]ncc4c3)c2)cc(-c2cccc(CNc3ncc(-c4ccc5[nH]ncc5c4)cn3)c2)c1. The third kappa shape index (κ3) is 5.77. The predicted octanol–water partition coefficient (Wildman–Crippen LogP) is 7.85. The molecular formula is C37H29N9. The largest absolute Gasteiger partial charge is 0.380 e. The Morgan fingerprint density at radius 3 is 1.72 bits per heavy atom. The van der Waals surface area contributed by atoms with E-state index < -0.39 is 0 Å². The van der Waals surface area contributed by atoms with Crippen LogP contribution in [-0.2, 0) is 13.1 Å². The summed E-state index contributed by atoms with van der Waals surface area (Å²) in [6.45, 7) is 1.30. The van der Waals surface area contributed by atoms with Crippen LogP contribution in [0.1, 0.15) is 11.1 Å². The van der Waals surface area contributed by atoms with E-state index in [4.69, 9.17) is 0 Å². The number of rotatable bonds is 9. The maximum Gasteiger partial charge on any atom is 0.222 e. The molecule has 0 aliphatic rings. The summed E-state index contributed by atoms with van der Waals surface area (Å²) < 4.78 is 0. The number of aromatic nitrogens is 7. The minimum Gasteiger partial charge on any atom is -0.380 e. The molecule has 0 saturated heterocycles. The fourth-order valence-corrected chi connectivity index (χ4v) is 5.61. The van der Waals surface area contributed by atoms with Gasteiger partial charge < -0.3 is 10.6 Å². The first-order valence-corrected chi connectivity index (χ1v) is 15.0. The molecule has 4 aromatic carbocycles. The molecule has 8 rings (SSSR count). The molecule has 222 valence electrons. The van der Waals surface area contributed by atoms with Crippen LogP contribution in [0.3, 0.4) is 0 Å². The number of pyridine rings is 1. The van der Waals surface area contributed by atoms with Gasteiger partial charge in [-0.3, -0.25) is 15.2 Å². The second-order valence-corrected chi connectivity index (χ2v) is 11.2. The molecule has 0 saturated carbocycles. The van der Waals surface area contributed by atoms with Gasteiger partial charge in [-0.25, -0.2) is 9.97 Å². The minimum absolute atomic E-state index is 0.590. The fraction of sp³-hybridized carbons (Fsp3) is 0.0541. The quantitative estimate of drug-likeness (QED) is 0.133. The lowest BCUT2D eigenvalue weighted by Gasteiger charge is -2.11. The number of fused-ring (bicyclic) bond motifs is 2. The molecule has 4 heterocycles. The van der Waals surface area contributed by atoms with Gasteiger partial charge in [0.25, 0.3) is 0 Å². The Labute approximate surface area is 264 Å². The van der Waals surface area contributed by atoms with Crippen molar-refractivity contribution in [3.8, 4) is 33.4 Å². The molecule has 4 N–H and O–H groups in total. The molecule has 9 nitrogen and oxygen atoms in total. The van der Waals surface area contributed by atoms with E-state index in [0.717, 1.165) is 66.4 Å². The summed E-state index contributed by atoms with van der Waals surface area (Å²) in [6, 6.07) is 31.7. The summed E-state index contributed by atoms with van der Waals surface area (Å²) in [7, 11) is 0. The molecule has 0 fully saturated rings. The number of aromatic amines is 2. The van der Waals surface area contributed by atoms with Crippen LogP contribution in [0.2, 0.25) is 0 Å². The molecule has 8 aromatic rings. The van der Waals surface area contributed by atoms with Crippen molar-refractivity contribution in [2.75, 3.05) is 10.6 Å². The highest BCUT2D eigenvalue weighted by Gasteiger charge is 2.07. The van der Waals surface area contributed by atoms with E-state index in [1.54, 1.807) is 0 Å². The molecule has 0 radical (unpaired) electrons. The zero-order valence-corrected chi connectivity index (χ0v) is 24.8. The lowest BCUT2D eigenvalue weighted by atomic mass is 10.0. The number of H-pyrrole nitrogens is 2. The number of hydrogen-bond donors (Lipinski definition) is 4. The van der Waals surface area contributed by atoms with Crippen LogP contribution >= 0.6 is 0 Å². The molecule has 0 amide bonds. The normalized spacial score (nSPS) is 11.2. The highest BCUT2D eigenvalue weighted by Crippen LogP contribution is 2.27. The first kappa shape index (κ1) is 27.2. The van der Waals surface area contributed by atoms with Crippen LogP contribution in [-0.4, -0.2) is 35.3 Å². The highest BCUT2D eigenvalue weighted by molar-refractivity contribution is 5.85. The molecule has 46 heavy (non-hydrogen) atoms. The molecule has 0 aliphatic carbocycles. The van der Waals surface area contributed by atoms with Crippen molar-refractivity contribution in [2.45, 2.75) is 13.1 Å². The maximum atomic E-state index is 4.55. The molecule has 0 spiro atoms. The van der Waals surface area contributed by atoms with Gasteiger partial charge in [-0.05, 0) is 75.8 Å². The van der Waals surface area contributed by atoms with Gasteiger partial charge in [0, 0.05) is 59.8 Å². The number of nitrogens with one attached hydrogen (secondary N) is 4. The van der Waals surface area contributed by atoms with Crippen LogP contribution in [0.5, 0.6) is 0 Å². The molecule has 0 unspecified atom stereocenters. The molecule has 4 aromatic heterocycles. The van der Waals surface area contributed by atoms with Crippen LogP contribution < -0.4 is 10.6 Å².